The Bertz CT molecular complexity index is 688. The lowest BCUT2D eigenvalue weighted by atomic mass is 10.3. The summed E-state index contributed by atoms with van der Waals surface area (Å²) in [5.41, 5.74) is 4.07. The molecule has 0 unspecified atom stereocenters. The minimum Gasteiger partial charge on any atom is -0.411 e. The molecule has 10 nitrogen and oxygen atoms in total. The maximum atomic E-state index is 8.68. The molecule has 0 aromatic heterocycles. The van der Waals surface area contributed by atoms with Crippen molar-refractivity contribution in [2.24, 2.45) is 40.9 Å². The lowest BCUT2D eigenvalue weighted by Gasteiger charge is -1.99. The van der Waals surface area contributed by atoms with Crippen molar-refractivity contribution in [3.8, 4) is 0 Å². The fraction of sp³-hybridized carbons (Fsp3) is 0.500. The molecule has 0 aliphatic heterocycles. The van der Waals surface area contributed by atoms with E-state index in [2.05, 4.69) is 40.9 Å². The van der Waals surface area contributed by atoms with Crippen LogP contribution in [0.15, 0.2) is 40.9 Å². The summed E-state index contributed by atoms with van der Waals surface area (Å²) in [5, 5.41) is 47.6. The fourth-order valence-electron chi connectivity index (χ4n) is 1.03. The second-order valence-electron chi connectivity index (χ2n) is 5.48. The molecule has 0 atom stereocenters. The first-order chi connectivity index (χ1) is 12.1. The number of hydrogen-bond acceptors (Lipinski definition) is 10. The molecule has 0 bridgehead atoms. The Balaban J connectivity index is 5.31. The fourth-order valence-corrected chi connectivity index (χ4v) is 1.03. The van der Waals surface area contributed by atoms with Crippen molar-refractivity contribution in [1.82, 2.24) is 0 Å². The van der Waals surface area contributed by atoms with E-state index >= 15 is 0 Å². The molecule has 0 aromatic carbocycles. The topological polar surface area (TPSA) is 139 Å². The molecule has 0 aliphatic carbocycles. The van der Waals surface area contributed by atoms with Gasteiger partial charge < -0.3 is 10.4 Å². The minimum atomic E-state index is 0.383. The summed E-state index contributed by atoms with van der Waals surface area (Å²) >= 11 is 0. The van der Waals surface area contributed by atoms with Crippen molar-refractivity contribution in [3.05, 3.63) is 0 Å². The van der Waals surface area contributed by atoms with Crippen molar-refractivity contribution < 1.29 is 10.4 Å². The van der Waals surface area contributed by atoms with Gasteiger partial charge in [-0.3, -0.25) is 0 Å². The van der Waals surface area contributed by atoms with Gasteiger partial charge in [0, 0.05) is 0 Å². The SMILES string of the molecule is CC(=N\O)/C(C)=N/N=C(C)/C(C)=N/N=C(C)/C(C)=N/N=C(C)/C(C)=N/O. The highest BCUT2D eigenvalue weighted by Crippen LogP contribution is 1.94. The minimum absolute atomic E-state index is 0.383. The van der Waals surface area contributed by atoms with Crippen LogP contribution in [0.5, 0.6) is 0 Å². The van der Waals surface area contributed by atoms with Gasteiger partial charge in [0.2, 0.25) is 0 Å². The molecule has 0 aromatic rings. The quantitative estimate of drug-likeness (QED) is 0.408. The molecule has 0 amide bonds. The Morgan fingerprint density at radius 1 is 0.346 bits per heavy atom. The van der Waals surface area contributed by atoms with E-state index in [-0.39, 0.29) is 0 Å². The number of oxime groups is 2. The summed E-state index contributed by atoms with van der Waals surface area (Å²) in [6.07, 6.45) is 0. The summed E-state index contributed by atoms with van der Waals surface area (Å²) in [6.45, 7) is 13.6. The Hall–Kier alpha value is -3.04. The van der Waals surface area contributed by atoms with E-state index in [1.807, 2.05) is 0 Å². The zero-order chi connectivity index (χ0) is 20.3. The van der Waals surface area contributed by atoms with Gasteiger partial charge in [-0.1, -0.05) is 10.3 Å². The number of nitrogens with zero attached hydrogens (tertiary/aromatic N) is 8. The molecule has 26 heavy (non-hydrogen) atoms. The molecule has 142 valence electrons. The predicted octanol–water partition coefficient (Wildman–Crippen LogP) is 3.20. The van der Waals surface area contributed by atoms with Crippen LogP contribution < -0.4 is 0 Å². The highest BCUT2D eigenvalue weighted by atomic mass is 16.4. The van der Waals surface area contributed by atoms with E-state index < -0.39 is 0 Å². The van der Waals surface area contributed by atoms with Crippen molar-refractivity contribution in [2.75, 3.05) is 0 Å². The van der Waals surface area contributed by atoms with E-state index in [9.17, 15) is 0 Å². The van der Waals surface area contributed by atoms with Gasteiger partial charge in [0.05, 0.1) is 45.7 Å². The highest BCUT2D eigenvalue weighted by molar-refractivity contribution is 6.43. The molecule has 2 N–H and O–H groups in total. The second-order valence-corrected chi connectivity index (χ2v) is 5.48. The third-order valence-electron chi connectivity index (χ3n) is 3.44. The zero-order valence-corrected chi connectivity index (χ0v) is 16.5. The van der Waals surface area contributed by atoms with Crippen molar-refractivity contribution in [2.45, 2.75) is 55.4 Å². The summed E-state index contributed by atoms with van der Waals surface area (Å²) in [4.78, 5) is 0. The Labute approximate surface area is 153 Å². The van der Waals surface area contributed by atoms with E-state index in [4.69, 9.17) is 10.4 Å². The summed E-state index contributed by atoms with van der Waals surface area (Å²) in [6, 6.07) is 0. The molecule has 0 saturated heterocycles. The smallest absolute Gasteiger partial charge is 0.0994 e. The van der Waals surface area contributed by atoms with Crippen molar-refractivity contribution in [3.63, 3.8) is 0 Å². The first-order valence-electron chi connectivity index (χ1n) is 7.79. The summed E-state index contributed by atoms with van der Waals surface area (Å²) in [7, 11) is 0. The molecule has 0 fully saturated rings. The maximum Gasteiger partial charge on any atom is 0.0994 e. The first-order valence-corrected chi connectivity index (χ1v) is 7.79. The molecule has 0 spiro atoms. The zero-order valence-electron chi connectivity index (χ0n) is 16.5. The van der Waals surface area contributed by atoms with Gasteiger partial charge in [-0.2, -0.15) is 30.6 Å². The third-order valence-corrected chi connectivity index (χ3v) is 3.44. The molecule has 0 radical (unpaired) electrons. The van der Waals surface area contributed by atoms with Crippen LogP contribution in [-0.4, -0.2) is 56.1 Å². The monoisotopic (exact) mass is 362 g/mol. The lowest BCUT2D eigenvalue weighted by molar-refractivity contribution is 0.319. The normalized spacial score (nSPS) is 17.1. The average Bonchev–Trinajstić information content (AvgIpc) is 2.65. The van der Waals surface area contributed by atoms with Crippen molar-refractivity contribution >= 4 is 45.7 Å². The number of rotatable bonds is 7. The number of hydrogen-bond donors (Lipinski definition) is 2. The van der Waals surface area contributed by atoms with Gasteiger partial charge in [0.25, 0.3) is 0 Å². The molecule has 10 heteroatoms. The molecule has 0 aliphatic rings. The molecular formula is C16H26N8O2. The largest absolute Gasteiger partial charge is 0.411 e. The highest BCUT2D eigenvalue weighted by Gasteiger charge is 2.01. The van der Waals surface area contributed by atoms with Gasteiger partial charge in [0.1, 0.15) is 0 Å². The molecule has 0 heterocycles. The first kappa shape index (κ1) is 23.0. The van der Waals surface area contributed by atoms with Crippen LogP contribution in [0, 0.1) is 0 Å². The molecule has 0 saturated carbocycles. The van der Waals surface area contributed by atoms with E-state index in [0.29, 0.717) is 45.7 Å². The van der Waals surface area contributed by atoms with Crippen molar-refractivity contribution in [1.29, 1.82) is 0 Å². The van der Waals surface area contributed by atoms with E-state index in [0.717, 1.165) is 0 Å². The van der Waals surface area contributed by atoms with Gasteiger partial charge in [-0.25, -0.2) is 0 Å². The summed E-state index contributed by atoms with van der Waals surface area (Å²) in [5.74, 6) is 0. The maximum absolute atomic E-state index is 8.68. The van der Waals surface area contributed by atoms with Gasteiger partial charge in [-0.15, -0.1) is 0 Å². The Morgan fingerprint density at radius 2 is 0.500 bits per heavy atom. The van der Waals surface area contributed by atoms with Crippen LogP contribution in [-0.2, 0) is 0 Å². The Morgan fingerprint density at radius 3 is 0.654 bits per heavy atom. The standard InChI is InChI=1S/C16H26N8O2/c1-9(11(3)19-21-13(5)15(7)23-25)17-18-10(2)12(4)20-22-14(6)16(8)24-26/h25-26H,1-8H3/b17-9+,18-10+,19-11+,20-12+,21-13+,22-14+,23-15+,24-16+. The predicted molar refractivity (Wildman–Crippen MR) is 108 cm³/mol. The van der Waals surface area contributed by atoms with Gasteiger partial charge >= 0.3 is 0 Å². The second kappa shape index (κ2) is 11.5. The van der Waals surface area contributed by atoms with Crippen LogP contribution in [0.1, 0.15) is 55.4 Å². The Kier molecular flexibility index (Phi) is 10.2. The van der Waals surface area contributed by atoms with Crippen LogP contribution in [0.2, 0.25) is 0 Å². The molecule has 0 rings (SSSR count). The molecular weight excluding hydrogens is 336 g/mol. The van der Waals surface area contributed by atoms with Crippen LogP contribution >= 0.6 is 0 Å². The lowest BCUT2D eigenvalue weighted by Crippen LogP contribution is -2.10. The van der Waals surface area contributed by atoms with Crippen LogP contribution in [0.4, 0.5) is 0 Å². The summed E-state index contributed by atoms with van der Waals surface area (Å²) < 4.78 is 0. The van der Waals surface area contributed by atoms with E-state index in [1.165, 1.54) is 0 Å². The van der Waals surface area contributed by atoms with Crippen LogP contribution in [0.3, 0.4) is 0 Å². The average molecular weight is 362 g/mol. The van der Waals surface area contributed by atoms with Gasteiger partial charge in [0.15, 0.2) is 0 Å². The van der Waals surface area contributed by atoms with Crippen LogP contribution in [0.25, 0.3) is 0 Å². The van der Waals surface area contributed by atoms with E-state index in [1.54, 1.807) is 55.4 Å². The van der Waals surface area contributed by atoms with Gasteiger partial charge in [-0.05, 0) is 55.4 Å². The third kappa shape index (κ3) is 8.18.